The number of anilines is 2. The first-order valence-electron chi connectivity index (χ1n) is 11.2. The van der Waals surface area contributed by atoms with Crippen molar-refractivity contribution in [2.45, 2.75) is 19.6 Å². The molecule has 1 aliphatic heterocycles. The molecule has 35 heavy (non-hydrogen) atoms. The Morgan fingerprint density at radius 2 is 1.71 bits per heavy atom. The first kappa shape index (κ1) is 24.6. The number of halogens is 2. The highest BCUT2D eigenvalue weighted by molar-refractivity contribution is 5.48. The molecule has 3 aromatic rings. The number of hydrogen-bond donors (Lipinski definition) is 2. The van der Waals surface area contributed by atoms with E-state index in [9.17, 15) is 8.78 Å². The van der Waals surface area contributed by atoms with Crippen molar-refractivity contribution in [3.8, 4) is 17.2 Å². The molecule has 0 atom stereocenters. The number of hydrogen-bond acceptors (Lipinski definition) is 9. The molecule has 2 N–H and O–H groups in total. The zero-order chi connectivity index (χ0) is 24.8. The molecule has 1 saturated heterocycles. The molecule has 0 saturated carbocycles. The van der Waals surface area contributed by atoms with E-state index in [4.69, 9.17) is 14.2 Å². The van der Waals surface area contributed by atoms with Crippen molar-refractivity contribution < 1.29 is 23.0 Å². The Kier molecular flexibility index (Phi) is 7.93. The van der Waals surface area contributed by atoms with E-state index in [0.717, 1.165) is 50.9 Å². The van der Waals surface area contributed by atoms with Crippen LogP contribution in [0.25, 0.3) is 0 Å². The average Bonchev–Trinajstić information content (AvgIpc) is 3.19. The van der Waals surface area contributed by atoms with Crippen molar-refractivity contribution in [2.24, 2.45) is 0 Å². The molecule has 0 aliphatic carbocycles. The Hall–Kier alpha value is -3.51. The topological polar surface area (TPSA) is 101 Å². The minimum Gasteiger partial charge on any atom is -0.494 e. The Labute approximate surface area is 202 Å². The van der Waals surface area contributed by atoms with Crippen LogP contribution in [0.2, 0.25) is 0 Å². The van der Waals surface area contributed by atoms with Gasteiger partial charge < -0.3 is 24.4 Å². The first-order valence-corrected chi connectivity index (χ1v) is 11.2. The highest BCUT2D eigenvalue weighted by Crippen LogP contribution is 2.32. The molecule has 1 fully saturated rings. The fourth-order valence-corrected chi connectivity index (χ4v) is 3.79. The van der Waals surface area contributed by atoms with E-state index in [1.54, 1.807) is 0 Å². The lowest BCUT2D eigenvalue weighted by Gasteiger charge is -2.18. The molecule has 0 bridgehead atoms. The molecular formula is C23H29F2N7O3. The number of aromatic nitrogens is 4. The van der Waals surface area contributed by atoms with Gasteiger partial charge in [0.15, 0.2) is 34.7 Å². The van der Waals surface area contributed by atoms with Gasteiger partial charge in [-0.25, -0.2) is 18.7 Å². The number of H-pyrrole nitrogens is 1. The van der Waals surface area contributed by atoms with Gasteiger partial charge in [0.1, 0.15) is 6.61 Å². The molecule has 10 nitrogen and oxygen atoms in total. The van der Waals surface area contributed by atoms with Gasteiger partial charge in [0.25, 0.3) is 0 Å². The maximum absolute atomic E-state index is 14.5. The minimum absolute atomic E-state index is 0.140. The van der Waals surface area contributed by atoms with Crippen molar-refractivity contribution >= 4 is 11.8 Å². The molecule has 0 unspecified atom stereocenters. The van der Waals surface area contributed by atoms with Crippen LogP contribution < -0.4 is 19.5 Å². The van der Waals surface area contributed by atoms with Crippen LogP contribution in [0.15, 0.2) is 24.5 Å². The molecule has 0 amide bonds. The lowest BCUT2D eigenvalue weighted by atomic mass is 10.1. The number of likely N-dealkylation sites (N-methyl/N-ethyl adjacent to an activating group) is 1. The summed E-state index contributed by atoms with van der Waals surface area (Å²) in [7, 11) is 4.72. The van der Waals surface area contributed by atoms with E-state index in [0.29, 0.717) is 11.8 Å². The normalized spacial score (nSPS) is 15.0. The molecule has 4 rings (SSSR count). The lowest BCUT2D eigenvalue weighted by Crippen LogP contribution is -2.28. The van der Waals surface area contributed by atoms with Gasteiger partial charge in [-0.2, -0.15) is 5.10 Å². The van der Waals surface area contributed by atoms with Gasteiger partial charge in [-0.05, 0) is 26.6 Å². The van der Waals surface area contributed by atoms with Crippen molar-refractivity contribution in [1.29, 1.82) is 0 Å². The van der Waals surface area contributed by atoms with Gasteiger partial charge in [-0.15, -0.1) is 0 Å². The van der Waals surface area contributed by atoms with E-state index in [1.807, 2.05) is 6.07 Å². The van der Waals surface area contributed by atoms with Crippen molar-refractivity contribution in [3.05, 3.63) is 47.4 Å². The van der Waals surface area contributed by atoms with E-state index in [2.05, 4.69) is 42.3 Å². The molecular weight excluding hydrogens is 460 g/mol. The minimum atomic E-state index is -0.855. The Morgan fingerprint density at radius 1 is 1.00 bits per heavy atom. The fourth-order valence-electron chi connectivity index (χ4n) is 3.79. The maximum atomic E-state index is 14.5. The van der Waals surface area contributed by atoms with Crippen LogP contribution in [-0.2, 0) is 13.2 Å². The smallest absolute Gasteiger partial charge is 0.228 e. The second-order valence-corrected chi connectivity index (χ2v) is 8.26. The molecule has 0 radical (unpaired) electrons. The van der Waals surface area contributed by atoms with Crippen LogP contribution >= 0.6 is 0 Å². The molecule has 1 aliphatic rings. The first-order chi connectivity index (χ1) is 17.0. The van der Waals surface area contributed by atoms with Gasteiger partial charge in [0.2, 0.25) is 5.95 Å². The Morgan fingerprint density at radius 3 is 2.40 bits per heavy atom. The number of methoxy groups -OCH3 is 2. The summed E-state index contributed by atoms with van der Waals surface area (Å²) in [6.07, 6.45) is 3.95. The summed E-state index contributed by atoms with van der Waals surface area (Å²) in [5.74, 6) is -0.845. The average molecular weight is 490 g/mol. The Balaban J connectivity index is 1.34. The summed E-state index contributed by atoms with van der Waals surface area (Å²) in [4.78, 5) is 13.1. The van der Waals surface area contributed by atoms with Crippen molar-refractivity contribution in [3.63, 3.8) is 0 Å². The van der Waals surface area contributed by atoms with Gasteiger partial charge in [0, 0.05) is 31.8 Å². The van der Waals surface area contributed by atoms with Gasteiger partial charge in [0.05, 0.1) is 37.9 Å². The van der Waals surface area contributed by atoms with Crippen LogP contribution in [0.5, 0.6) is 17.2 Å². The second-order valence-electron chi connectivity index (χ2n) is 8.26. The zero-order valence-electron chi connectivity index (χ0n) is 20.0. The monoisotopic (exact) mass is 489 g/mol. The standard InChI is InChI=1S/C23H29F2N7O3/c1-31-5-4-6-32(8-7-31)13-15-9-20(30-29-15)28-23-26-11-16(12-27-23)35-14-17-21(24)18(33-2)10-19(34-3)22(17)25/h9-12H,4-8,13-14H2,1-3H3,(H2,26,27,28,29,30). The van der Waals surface area contributed by atoms with Crippen molar-refractivity contribution in [2.75, 3.05) is 52.8 Å². The van der Waals surface area contributed by atoms with Gasteiger partial charge >= 0.3 is 0 Å². The predicted molar refractivity (Wildman–Crippen MR) is 125 cm³/mol. The lowest BCUT2D eigenvalue weighted by molar-refractivity contribution is 0.266. The highest BCUT2D eigenvalue weighted by atomic mass is 19.1. The summed E-state index contributed by atoms with van der Waals surface area (Å²) < 4.78 is 44.3. The van der Waals surface area contributed by atoms with Crippen LogP contribution in [-0.4, -0.2) is 77.4 Å². The predicted octanol–water partition coefficient (Wildman–Crippen LogP) is 2.96. The van der Waals surface area contributed by atoms with Gasteiger partial charge in [-0.3, -0.25) is 10.00 Å². The second kappa shape index (κ2) is 11.3. The van der Waals surface area contributed by atoms with E-state index >= 15 is 0 Å². The summed E-state index contributed by atoms with van der Waals surface area (Å²) in [6, 6.07) is 3.06. The number of nitrogens with zero attached hydrogens (tertiary/aromatic N) is 5. The zero-order valence-corrected chi connectivity index (χ0v) is 20.0. The van der Waals surface area contributed by atoms with Crippen molar-refractivity contribution in [1.82, 2.24) is 30.0 Å². The van der Waals surface area contributed by atoms with Crippen LogP contribution in [0.1, 0.15) is 17.7 Å². The third-order valence-electron chi connectivity index (χ3n) is 5.75. The summed E-state index contributed by atoms with van der Waals surface area (Å²) >= 11 is 0. The summed E-state index contributed by atoms with van der Waals surface area (Å²) in [5.41, 5.74) is 0.679. The number of benzene rings is 1. The number of ether oxygens (including phenoxy) is 3. The van der Waals surface area contributed by atoms with E-state index in [1.165, 1.54) is 26.6 Å². The maximum Gasteiger partial charge on any atom is 0.228 e. The number of aromatic amines is 1. The SMILES string of the molecule is COc1cc(OC)c(F)c(COc2cnc(Nc3cc(CN4CCCN(C)CC4)[nH]n3)nc2)c1F. The van der Waals surface area contributed by atoms with Gasteiger partial charge in [-0.1, -0.05) is 0 Å². The number of rotatable bonds is 9. The molecule has 2 aromatic heterocycles. The van der Waals surface area contributed by atoms with E-state index < -0.39 is 18.2 Å². The molecule has 3 heterocycles. The quantitative estimate of drug-likeness (QED) is 0.470. The third-order valence-corrected chi connectivity index (χ3v) is 5.75. The fraction of sp³-hybridized carbons (Fsp3) is 0.435. The Bertz CT molecular complexity index is 1100. The number of nitrogens with one attached hydrogen (secondary N) is 2. The van der Waals surface area contributed by atoms with Crippen LogP contribution in [0, 0.1) is 11.6 Å². The third kappa shape index (κ3) is 6.14. The summed E-state index contributed by atoms with van der Waals surface area (Å²) in [6.45, 7) is 4.62. The molecule has 1 aromatic carbocycles. The highest BCUT2D eigenvalue weighted by Gasteiger charge is 2.20. The molecule has 12 heteroatoms. The summed E-state index contributed by atoms with van der Waals surface area (Å²) in [5, 5.41) is 10.3. The van der Waals surface area contributed by atoms with Crippen LogP contribution in [0.3, 0.4) is 0 Å². The van der Waals surface area contributed by atoms with Crippen LogP contribution in [0.4, 0.5) is 20.5 Å². The molecule has 188 valence electrons. The molecule has 0 spiro atoms. The largest absolute Gasteiger partial charge is 0.494 e. The van der Waals surface area contributed by atoms with E-state index in [-0.39, 0.29) is 22.8 Å².